The Kier molecular flexibility index (Phi) is 4.96. The molecule has 1 aromatic carbocycles. The lowest BCUT2D eigenvalue weighted by Crippen LogP contribution is -2.29. The molecule has 1 N–H and O–H groups in total. The molecule has 4 nitrogen and oxygen atoms in total. The molecule has 2 aromatic rings. The van der Waals surface area contributed by atoms with Crippen LogP contribution in [0.3, 0.4) is 0 Å². The molecule has 0 aliphatic heterocycles. The van der Waals surface area contributed by atoms with Crippen molar-refractivity contribution in [1.82, 2.24) is 9.71 Å². The third-order valence-electron chi connectivity index (χ3n) is 3.82. The van der Waals surface area contributed by atoms with Gasteiger partial charge in [0.25, 0.3) is 0 Å². The first-order valence-corrected chi connectivity index (χ1v) is 8.81. The van der Waals surface area contributed by atoms with Gasteiger partial charge in [-0.05, 0) is 30.5 Å². The Labute approximate surface area is 126 Å². The number of pyridine rings is 1. The molecule has 5 heteroatoms. The predicted octanol–water partition coefficient (Wildman–Crippen LogP) is 3.26. The topological polar surface area (TPSA) is 59.1 Å². The zero-order valence-electron chi connectivity index (χ0n) is 12.8. The Morgan fingerprint density at radius 3 is 2.62 bits per heavy atom. The molecule has 21 heavy (non-hydrogen) atoms. The van der Waals surface area contributed by atoms with E-state index in [4.69, 9.17) is 0 Å². The van der Waals surface area contributed by atoms with Crippen LogP contribution in [0.5, 0.6) is 0 Å². The van der Waals surface area contributed by atoms with Crippen molar-refractivity contribution in [2.24, 2.45) is 5.92 Å². The number of fused-ring (bicyclic) bond motifs is 1. The SMILES string of the molecule is CCC(CC)CNS(=O)(=O)c1cccc2cc(C)cnc12. The van der Waals surface area contributed by atoms with E-state index in [1.165, 1.54) is 0 Å². The molecule has 0 amide bonds. The van der Waals surface area contributed by atoms with Crippen LogP contribution in [-0.2, 0) is 10.0 Å². The number of para-hydroxylation sites is 1. The number of aromatic nitrogens is 1. The van der Waals surface area contributed by atoms with Crippen molar-refractivity contribution in [3.05, 3.63) is 36.0 Å². The Morgan fingerprint density at radius 2 is 1.95 bits per heavy atom. The van der Waals surface area contributed by atoms with E-state index in [1.54, 1.807) is 18.3 Å². The van der Waals surface area contributed by atoms with Crippen molar-refractivity contribution in [3.8, 4) is 0 Å². The molecule has 1 aromatic heterocycles. The van der Waals surface area contributed by atoms with Gasteiger partial charge in [-0.15, -0.1) is 0 Å². The number of benzene rings is 1. The molecular weight excluding hydrogens is 284 g/mol. The van der Waals surface area contributed by atoms with Crippen LogP contribution in [0.25, 0.3) is 10.9 Å². The molecule has 0 bridgehead atoms. The number of nitrogens with one attached hydrogen (secondary N) is 1. The van der Waals surface area contributed by atoms with Gasteiger partial charge >= 0.3 is 0 Å². The number of hydrogen-bond donors (Lipinski definition) is 1. The smallest absolute Gasteiger partial charge is 0.242 e. The van der Waals surface area contributed by atoms with Gasteiger partial charge in [0.2, 0.25) is 10.0 Å². The maximum Gasteiger partial charge on any atom is 0.242 e. The van der Waals surface area contributed by atoms with Crippen LogP contribution in [0.15, 0.2) is 35.4 Å². The summed E-state index contributed by atoms with van der Waals surface area (Å²) in [4.78, 5) is 4.55. The Hall–Kier alpha value is -1.46. The van der Waals surface area contributed by atoms with E-state index in [1.807, 2.05) is 19.1 Å². The summed E-state index contributed by atoms with van der Waals surface area (Å²) in [5.74, 6) is 0.366. The fourth-order valence-corrected chi connectivity index (χ4v) is 3.64. The third kappa shape index (κ3) is 3.60. The van der Waals surface area contributed by atoms with Crippen molar-refractivity contribution >= 4 is 20.9 Å². The molecule has 114 valence electrons. The average molecular weight is 306 g/mol. The second-order valence-corrected chi connectivity index (χ2v) is 7.11. The molecule has 1 heterocycles. The summed E-state index contributed by atoms with van der Waals surface area (Å²) in [7, 11) is -3.53. The predicted molar refractivity (Wildman–Crippen MR) is 85.7 cm³/mol. The highest BCUT2D eigenvalue weighted by Gasteiger charge is 2.19. The van der Waals surface area contributed by atoms with E-state index in [0.717, 1.165) is 23.8 Å². The normalized spacial score (nSPS) is 12.2. The monoisotopic (exact) mass is 306 g/mol. The summed E-state index contributed by atoms with van der Waals surface area (Å²) in [5, 5.41) is 0.848. The Balaban J connectivity index is 2.36. The van der Waals surface area contributed by atoms with Crippen LogP contribution in [0.2, 0.25) is 0 Å². The average Bonchev–Trinajstić information content (AvgIpc) is 2.47. The van der Waals surface area contributed by atoms with E-state index in [0.29, 0.717) is 18.0 Å². The zero-order valence-corrected chi connectivity index (χ0v) is 13.6. The quantitative estimate of drug-likeness (QED) is 0.891. The molecule has 0 fully saturated rings. The van der Waals surface area contributed by atoms with Crippen molar-refractivity contribution in [2.75, 3.05) is 6.54 Å². The lowest BCUT2D eigenvalue weighted by molar-refractivity contribution is 0.479. The van der Waals surface area contributed by atoms with E-state index in [2.05, 4.69) is 23.6 Å². The fourth-order valence-electron chi connectivity index (χ4n) is 2.34. The molecule has 0 saturated heterocycles. The van der Waals surface area contributed by atoms with E-state index >= 15 is 0 Å². The first-order chi connectivity index (χ1) is 9.97. The number of hydrogen-bond acceptors (Lipinski definition) is 3. The van der Waals surface area contributed by atoms with Crippen molar-refractivity contribution in [1.29, 1.82) is 0 Å². The molecule has 0 aliphatic carbocycles. The highest BCUT2D eigenvalue weighted by atomic mass is 32.2. The highest BCUT2D eigenvalue weighted by molar-refractivity contribution is 7.89. The standard InChI is InChI=1S/C16H22N2O2S/c1-4-13(5-2)11-18-21(19,20)15-8-6-7-14-9-12(3)10-17-16(14)15/h6-10,13,18H,4-5,11H2,1-3H3. The van der Waals surface area contributed by atoms with Crippen LogP contribution >= 0.6 is 0 Å². The lowest BCUT2D eigenvalue weighted by atomic mass is 10.0. The summed E-state index contributed by atoms with van der Waals surface area (Å²) in [6.45, 7) is 6.56. The molecule has 0 radical (unpaired) electrons. The lowest BCUT2D eigenvalue weighted by Gasteiger charge is -2.14. The van der Waals surface area contributed by atoms with Crippen LogP contribution in [-0.4, -0.2) is 19.9 Å². The van der Waals surface area contributed by atoms with Gasteiger partial charge < -0.3 is 0 Å². The van der Waals surface area contributed by atoms with Crippen molar-refractivity contribution in [3.63, 3.8) is 0 Å². The van der Waals surface area contributed by atoms with Gasteiger partial charge in [0.1, 0.15) is 4.90 Å². The van der Waals surface area contributed by atoms with E-state index in [-0.39, 0.29) is 4.90 Å². The van der Waals surface area contributed by atoms with Gasteiger partial charge in [-0.1, -0.05) is 38.8 Å². The molecule has 0 aliphatic rings. The molecular formula is C16H22N2O2S. The van der Waals surface area contributed by atoms with Gasteiger partial charge in [-0.3, -0.25) is 4.98 Å². The summed E-state index contributed by atoms with van der Waals surface area (Å²) in [6.07, 6.45) is 3.63. The van der Waals surface area contributed by atoms with Crippen molar-refractivity contribution < 1.29 is 8.42 Å². The summed E-state index contributed by atoms with van der Waals surface area (Å²) < 4.78 is 27.7. The number of aryl methyl sites for hydroxylation is 1. The minimum atomic E-state index is -3.53. The number of nitrogens with zero attached hydrogens (tertiary/aromatic N) is 1. The summed E-state index contributed by atoms with van der Waals surface area (Å²) in [5.41, 5.74) is 1.54. The van der Waals surface area contributed by atoms with E-state index in [9.17, 15) is 8.42 Å². The number of sulfonamides is 1. The first-order valence-electron chi connectivity index (χ1n) is 7.33. The van der Waals surface area contributed by atoms with Crippen LogP contribution < -0.4 is 4.72 Å². The minimum Gasteiger partial charge on any atom is -0.255 e. The highest BCUT2D eigenvalue weighted by Crippen LogP contribution is 2.22. The first kappa shape index (κ1) is 15.9. The molecule has 2 rings (SSSR count). The van der Waals surface area contributed by atoms with Crippen LogP contribution in [0.1, 0.15) is 32.3 Å². The summed E-state index contributed by atoms with van der Waals surface area (Å²) >= 11 is 0. The maximum atomic E-state index is 12.5. The largest absolute Gasteiger partial charge is 0.255 e. The maximum absolute atomic E-state index is 12.5. The minimum absolute atomic E-state index is 0.256. The van der Waals surface area contributed by atoms with Crippen molar-refractivity contribution in [2.45, 2.75) is 38.5 Å². The second kappa shape index (κ2) is 6.54. The molecule has 0 saturated carbocycles. The third-order valence-corrected chi connectivity index (χ3v) is 5.27. The van der Waals surface area contributed by atoms with Gasteiger partial charge in [-0.25, -0.2) is 13.1 Å². The van der Waals surface area contributed by atoms with E-state index < -0.39 is 10.0 Å². The van der Waals surface area contributed by atoms with Gasteiger partial charge in [0.15, 0.2) is 0 Å². The van der Waals surface area contributed by atoms with Gasteiger partial charge in [-0.2, -0.15) is 0 Å². The fraction of sp³-hybridized carbons (Fsp3) is 0.438. The number of rotatable bonds is 6. The summed E-state index contributed by atoms with van der Waals surface area (Å²) in [6, 6.07) is 7.20. The zero-order chi connectivity index (χ0) is 15.5. The molecule has 0 atom stereocenters. The van der Waals surface area contributed by atoms with Crippen LogP contribution in [0, 0.1) is 12.8 Å². The second-order valence-electron chi connectivity index (χ2n) is 5.37. The van der Waals surface area contributed by atoms with Crippen LogP contribution in [0.4, 0.5) is 0 Å². The van der Waals surface area contributed by atoms with Gasteiger partial charge in [0.05, 0.1) is 5.52 Å². The van der Waals surface area contributed by atoms with Gasteiger partial charge in [0, 0.05) is 18.1 Å². The molecule has 0 unspecified atom stereocenters. The Morgan fingerprint density at radius 1 is 1.24 bits per heavy atom. The molecule has 0 spiro atoms. The Bertz CT molecular complexity index is 722.